The highest BCUT2D eigenvalue weighted by Gasteiger charge is 2.16. The van der Waals surface area contributed by atoms with Crippen LogP contribution >= 0.6 is 0 Å². The van der Waals surface area contributed by atoms with E-state index in [0.717, 1.165) is 0 Å². The Morgan fingerprint density at radius 1 is 0.630 bits per heavy atom. The minimum atomic E-state index is -1.79. The molecular formula is C14H20O13. The molecule has 0 rings (SSSR count). The highest BCUT2D eigenvalue weighted by molar-refractivity contribution is 5.89. The van der Waals surface area contributed by atoms with Crippen molar-refractivity contribution in [3.63, 3.8) is 0 Å². The van der Waals surface area contributed by atoms with Gasteiger partial charge in [-0.3, -0.25) is 14.4 Å². The van der Waals surface area contributed by atoms with Gasteiger partial charge in [0, 0.05) is 25.0 Å². The summed E-state index contributed by atoms with van der Waals surface area (Å²) in [4.78, 5) is 58.3. The Bertz CT molecular complexity index is 517. The molecule has 0 aromatic carbocycles. The highest BCUT2D eigenvalue weighted by Crippen LogP contribution is 1.98. The molecule has 0 aliphatic rings. The second-order valence-electron chi connectivity index (χ2n) is 4.46. The maximum atomic E-state index is 9.90. The lowest BCUT2D eigenvalue weighted by atomic mass is 10.2. The van der Waals surface area contributed by atoms with Crippen LogP contribution in [0.2, 0.25) is 0 Å². The van der Waals surface area contributed by atoms with Crippen molar-refractivity contribution < 1.29 is 64.5 Å². The number of aliphatic hydroxyl groups excluding tert-OH is 1. The van der Waals surface area contributed by atoms with E-state index in [0.29, 0.717) is 25.0 Å². The van der Waals surface area contributed by atoms with E-state index < -0.39 is 48.3 Å². The van der Waals surface area contributed by atoms with Crippen molar-refractivity contribution in [3.05, 3.63) is 12.2 Å². The van der Waals surface area contributed by atoms with Crippen LogP contribution in [0.4, 0.5) is 0 Å². The van der Waals surface area contributed by atoms with E-state index in [1.807, 2.05) is 0 Å². The van der Waals surface area contributed by atoms with E-state index in [2.05, 4.69) is 0 Å². The van der Waals surface area contributed by atoms with Crippen LogP contribution in [0.25, 0.3) is 0 Å². The Hall–Kier alpha value is -3.48. The molecule has 0 saturated carbocycles. The normalized spacial score (nSPS) is 10.4. The van der Waals surface area contributed by atoms with Gasteiger partial charge in [-0.1, -0.05) is 0 Å². The fraction of sp³-hybridized carbons (Fsp3) is 0.429. The molecule has 1 unspecified atom stereocenters. The number of carboxylic acids is 6. The molecule has 13 nitrogen and oxygen atoms in total. The fourth-order valence-corrected chi connectivity index (χ4v) is 0.948. The smallest absolute Gasteiger partial charge is 0.333 e. The molecule has 0 amide bonds. The van der Waals surface area contributed by atoms with Crippen LogP contribution in [0, 0.1) is 0 Å². The Morgan fingerprint density at radius 2 is 0.963 bits per heavy atom. The summed E-state index contributed by atoms with van der Waals surface area (Å²) < 4.78 is 0. The van der Waals surface area contributed by atoms with E-state index in [4.69, 9.17) is 35.7 Å². The van der Waals surface area contributed by atoms with E-state index in [1.54, 1.807) is 0 Å². The molecule has 13 heteroatoms. The molecule has 0 aromatic heterocycles. The Morgan fingerprint density at radius 3 is 1.11 bits per heavy atom. The van der Waals surface area contributed by atoms with Crippen molar-refractivity contribution >= 4 is 35.8 Å². The van der Waals surface area contributed by atoms with E-state index in [-0.39, 0.29) is 12.8 Å². The number of unbranched alkanes of at least 4 members (excludes halogenated alkanes) is 1. The summed E-state index contributed by atoms with van der Waals surface area (Å²) in [5, 5.41) is 56.0. The summed E-state index contributed by atoms with van der Waals surface area (Å²) in [6.45, 7) is 0. The molecule has 27 heavy (non-hydrogen) atoms. The third-order valence-electron chi connectivity index (χ3n) is 2.05. The van der Waals surface area contributed by atoms with Gasteiger partial charge in [-0.05, 0) is 12.8 Å². The van der Waals surface area contributed by atoms with Crippen molar-refractivity contribution in [3.8, 4) is 0 Å². The third kappa shape index (κ3) is 34.7. The maximum Gasteiger partial charge on any atom is 0.333 e. The lowest BCUT2D eigenvalue weighted by Gasteiger charge is -1.97. The van der Waals surface area contributed by atoms with Gasteiger partial charge in [0.05, 0.1) is 6.42 Å². The number of hydrogen-bond acceptors (Lipinski definition) is 7. The van der Waals surface area contributed by atoms with Crippen LogP contribution in [-0.4, -0.2) is 77.7 Å². The second kappa shape index (κ2) is 17.3. The average Bonchev–Trinajstić information content (AvgIpc) is 2.49. The summed E-state index contributed by atoms with van der Waals surface area (Å²) in [6.07, 6.45) is -0.411. The van der Waals surface area contributed by atoms with Gasteiger partial charge in [-0.15, -0.1) is 0 Å². The number of hydrogen-bond donors (Lipinski definition) is 7. The minimum Gasteiger partial charge on any atom is -0.481 e. The van der Waals surface area contributed by atoms with Crippen molar-refractivity contribution in [2.24, 2.45) is 0 Å². The molecule has 7 N–H and O–H groups in total. The second-order valence-corrected chi connectivity index (χ2v) is 4.46. The molecule has 0 saturated heterocycles. The number of carbonyl (C=O) groups is 6. The van der Waals surface area contributed by atoms with Crippen LogP contribution in [0.5, 0.6) is 0 Å². The Labute approximate surface area is 151 Å². The first-order valence-electron chi connectivity index (χ1n) is 6.99. The number of carboxylic acid groups (broad SMARTS) is 6. The zero-order valence-electron chi connectivity index (χ0n) is 13.8. The van der Waals surface area contributed by atoms with E-state index >= 15 is 0 Å². The lowest BCUT2D eigenvalue weighted by Crippen LogP contribution is -2.22. The Balaban J connectivity index is -0.000000322. The molecule has 0 aromatic rings. The van der Waals surface area contributed by atoms with Crippen molar-refractivity contribution in [1.29, 1.82) is 0 Å². The van der Waals surface area contributed by atoms with Crippen LogP contribution in [-0.2, 0) is 28.8 Å². The molecule has 154 valence electrons. The zero-order chi connectivity index (χ0) is 22.0. The van der Waals surface area contributed by atoms with Gasteiger partial charge in [0.1, 0.15) is 0 Å². The molecule has 0 heterocycles. The summed E-state index contributed by atoms with van der Waals surface area (Å²) >= 11 is 0. The standard InChI is InChI=1S/C6H10O4.C4H6O5.C4H4O4/c7-5(8)3-1-2-4-6(9)10;5-2(4(8)9)1-3(6)7;5-3(6)1-2-4(7)8/h1-4H2,(H,7,8)(H,9,10);2,5H,1H2,(H,6,7)(H,8,9);1-2H,(H,5,6)(H,7,8)/b;;2-1-. The van der Waals surface area contributed by atoms with Gasteiger partial charge in [-0.25, -0.2) is 14.4 Å². The van der Waals surface area contributed by atoms with E-state index in [9.17, 15) is 28.8 Å². The quantitative estimate of drug-likeness (QED) is 0.179. The largest absolute Gasteiger partial charge is 0.481 e. The minimum absolute atomic E-state index is 0.0628. The summed E-state index contributed by atoms with van der Waals surface area (Å²) in [6, 6.07) is 0. The molecular weight excluding hydrogens is 376 g/mol. The van der Waals surface area contributed by atoms with Crippen LogP contribution in [0.15, 0.2) is 12.2 Å². The van der Waals surface area contributed by atoms with Crippen LogP contribution < -0.4 is 0 Å². The van der Waals surface area contributed by atoms with Gasteiger partial charge in [-0.2, -0.15) is 0 Å². The summed E-state index contributed by atoms with van der Waals surface area (Å²) in [5.41, 5.74) is 0. The SMILES string of the molecule is O=C(O)/C=C\C(=O)O.O=C(O)CC(O)C(=O)O.O=C(O)CCCCC(=O)O. The number of rotatable bonds is 10. The predicted molar refractivity (Wildman–Crippen MR) is 84.0 cm³/mol. The van der Waals surface area contributed by atoms with Gasteiger partial charge < -0.3 is 35.7 Å². The fourth-order valence-electron chi connectivity index (χ4n) is 0.948. The predicted octanol–water partition coefficient (Wildman–Crippen LogP) is -0.666. The van der Waals surface area contributed by atoms with Gasteiger partial charge in [0.15, 0.2) is 6.10 Å². The third-order valence-corrected chi connectivity index (χ3v) is 2.05. The lowest BCUT2D eigenvalue weighted by molar-refractivity contribution is -0.152. The maximum absolute atomic E-state index is 9.90. The number of aliphatic carboxylic acids is 6. The highest BCUT2D eigenvalue weighted by atomic mass is 16.4. The first kappa shape index (κ1) is 28.3. The molecule has 0 aliphatic heterocycles. The van der Waals surface area contributed by atoms with Crippen molar-refractivity contribution in [2.45, 2.75) is 38.2 Å². The Kier molecular flexibility index (Phi) is 18.2. The molecule has 0 bridgehead atoms. The first-order chi connectivity index (χ1) is 12.3. The molecule has 0 radical (unpaired) electrons. The van der Waals surface area contributed by atoms with Gasteiger partial charge in [0.2, 0.25) is 0 Å². The van der Waals surface area contributed by atoms with Crippen LogP contribution in [0.1, 0.15) is 32.1 Å². The van der Waals surface area contributed by atoms with E-state index in [1.165, 1.54) is 0 Å². The van der Waals surface area contributed by atoms with Gasteiger partial charge in [0.25, 0.3) is 0 Å². The zero-order valence-corrected chi connectivity index (χ0v) is 13.8. The number of aliphatic hydroxyl groups is 1. The summed E-state index contributed by atoms with van der Waals surface area (Å²) in [7, 11) is 0. The van der Waals surface area contributed by atoms with Crippen molar-refractivity contribution in [2.75, 3.05) is 0 Å². The summed E-state index contributed by atoms with van der Waals surface area (Å²) in [5.74, 6) is -7.10. The molecule has 0 aliphatic carbocycles. The van der Waals surface area contributed by atoms with Crippen molar-refractivity contribution in [1.82, 2.24) is 0 Å². The molecule has 0 spiro atoms. The topological polar surface area (TPSA) is 244 Å². The van der Waals surface area contributed by atoms with Gasteiger partial charge >= 0.3 is 35.8 Å². The molecule has 1 atom stereocenters. The van der Waals surface area contributed by atoms with Crippen LogP contribution in [0.3, 0.4) is 0 Å². The average molecular weight is 396 g/mol. The first-order valence-corrected chi connectivity index (χ1v) is 6.99. The monoisotopic (exact) mass is 396 g/mol. The molecule has 0 fully saturated rings.